The Morgan fingerprint density at radius 2 is 2.00 bits per heavy atom. The highest BCUT2D eigenvalue weighted by Crippen LogP contribution is 2.14. The average molecular weight is 307 g/mol. The van der Waals surface area contributed by atoms with Gasteiger partial charge in [-0.15, -0.1) is 0 Å². The van der Waals surface area contributed by atoms with Crippen molar-refractivity contribution in [2.75, 3.05) is 5.73 Å². The van der Waals surface area contributed by atoms with Crippen molar-refractivity contribution in [3.63, 3.8) is 0 Å². The number of nitrogen functional groups attached to an aromatic ring is 1. The molecule has 2 aromatic rings. The largest absolute Gasteiger partial charge is 0.398 e. The van der Waals surface area contributed by atoms with Crippen molar-refractivity contribution in [3.8, 4) is 0 Å². The maximum Gasteiger partial charge on any atom is 0.265 e. The lowest BCUT2D eigenvalue weighted by atomic mass is 10.1. The summed E-state index contributed by atoms with van der Waals surface area (Å²) in [6.45, 7) is 4.62. The molecule has 2 rings (SSSR count). The third-order valence-corrected chi connectivity index (χ3v) is 3.48. The average Bonchev–Trinajstić information content (AvgIpc) is 2.30. The summed E-state index contributed by atoms with van der Waals surface area (Å²) in [4.78, 5) is 12.0. The molecule has 1 aromatic carbocycles. The highest BCUT2D eigenvalue weighted by Gasteiger charge is 2.05. The minimum Gasteiger partial charge on any atom is -0.398 e. The number of hydrogen-bond donors (Lipinski definition) is 1. The van der Waals surface area contributed by atoms with E-state index in [1.54, 1.807) is 16.8 Å². The van der Waals surface area contributed by atoms with Crippen LogP contribution in [-0.4, -0.2) is 4.57 Å². The van der Waals surface area contributed by atoms with Gasteiger partial charge in [-0.05, 0) is 47.0 Å². The molecule has 0 spiro atoms. The van der Waals surface area contributed by atoms with Crippen molar-refractivity contribution < 1.29 is 0 Å². The van der Waals surface area contributed by atoms with Crippen molar-refractivity contribution in [2.24, 2.45) is 0 Å². The summed E-state index contributed by atoms with van der Waals surface area (Å²) in [6, 6.07) is 7.86. The normalized spacial score (nSPS) is 10.6. The third kappa shape index (κ3) is 2.64. The van der Waals surface area contributed by atoms with Gasteiger partial charge in [0.05, 0.1) is 11.0 Å². The first-order valence-corrected chi connectivity index (χ1v) is 6.48. The molecule has 0 atom stereocenters. The fourth-order valence-electron chi connectivity index (χ4n) is 1.89. The van der Waals surface area contributed by atoms with Gasteiger partial charge in [0, 0.05) is 11.9 Å². The summed E-state index contributed by atoms with van der Waals surface area (Å²) in [5.74, 6) is 0. The molecule has 1 aromatic heterocycles. The van der Waals surface area contributed by atoms with Crippen molar-refractivity contribution in [2.45, 2.75) is 20.4 Å². The molecule has 0 unspecified atom stereocenters. The number of nitrogens with zero attached hydrogens (tertiary/aromatic N) is 1. The van der Waals surface area contributed by atoms with Gasteiger partial charge >= 0.3 is 0 Å². The Bertz CT molecular complexity index is 647. The highest BCUT2D eigenvalue weighted by atomic mass is 79.9. The number of halogens is 1. The van der Waals surface area contributed by atoms with Gasteiger partial charge in [0.25, 0.3) is 5.56 Å². The van der Waals surface area contributed by atoms with Crippen LogP contribution < -0.4 is 11.3 Å². The molecule has 3 nitrogen and oxygen atoms in total. The van der Waals surface area contributed by atoms with Gasteiger partial charge in [-0.3, -0.25) is 4.79 Å². The maximum absolute atomic E-state index is 12.0. The maximum atomic E-state index is 12.0. The van der Waals surface area contributed by atoms with Crippen molar-refractivity contribution in [1.82, 2.24) is 4.57 Å². The first kappa shape index (κ1) is 12.9. The van der Waals surface area contributed by atoms with Crippen molar-refractivity contribution in [3.05, 3.63) is 62.0 Å². The fraction of sp³-hybridized carbons (Fsp3) is 0.214. The van der Waals surface area contributed by atoms with Crippen LogP contribution in [0.25, 0.3) is 0 Å². The molecule has 18 heavy (non-hydrogen) atoms. The lowest BCUT2D eigenvalue weighted by Crippen LogP contribution is -2.21. The second kappa shape index (κ2) is 4.98. The van der Waals surface area contributed by atoms with E-state index in [1.807, 2.05) is 13.8 Å². The van der Waals surface area contributed by atoms with Crippen LogP contribution in [0.2, 0.25) is 0 Å². The van der Waals surface area contributed by atoms with E-state index in [2.05, 4.69) is 34.1 Å². The smallest absolute Gasteiger partial charge is 0.265 e. The van der Waals surface area contributed by atoms with Gasteiger partial charge in [0.2, 0.25) is 0 Å². The van der Waals surface area contributed by atoms with Crippen LogP contribution in [0.1, 0.15) is 16.7 Å². The molecule has 0 fully saturated rings. The van der Waals surface area contributed by atoms with E-state index in [9.17, 15) is 4.79 Å². The van der Waals surface area contributed by atoms with Crippen LogP contribution in [0.3, 0.4) is 0 Å². The molecule has 0 amide bonds. The summed E-state index contributed by atoms with van der Waals surface area (Å²) >= 11 is 3.23. The van der Waals surface area contributed by atoms with E-state index in [0.29, 0.717) is 16.7 Å². The number of anilines is 1. The highest BCUT2D eigenvalue weighted by molar-refractivity contribution is 9.10. The summed E-state index contributed by atoms with van der Waals surface area (Å²) in [5, 5.41) is 0. The minimum absolute atomic E-state index is 0.0647. The predicted octanol–water partition coefficient (Wildman–Crippen LogP) is 2.86. The van der Waals surface area contributed by atoms with Gasteiger partial charge in [-0.1, -0.05) is 23.8 Å². The minimum atomic E-state index is -0.0647. The summed E-state index contributed by atoms with van der Waals surface area (Å²) in [6.07, 6.45) is 1.68. The zero-order valence-corrected chi connectivity index (χ0v) is 12.0. The molecule has 0 saturated carbocycles. The Balaban J connectivity index is 2.46. The zero-order chi connectivity index (χ0) is 13.3. The number of aryl methyl sites for hydroxylation is 2. The summed E-state index contributed by atoms with van der Waals surface area (Å²) in [5.41, 5.74) is 9.76. The van der Waals surface area contributed by atoms with Crippen LogP contribution >= 0.6 is 15.9 Å². The van der Waals surface area contributed by atoms with E-state index in [0.717, 1.165) is 5.56 Å². The lowest BCUT2D eigenvalue weighted by molar-refractivity contribution is 0.752. The van der Waals surface area contributed by atoms with Crippen LogP contribution in [0, 0.1) is 13.8 Å². The van der Waals surface area contributed by atoms with Crippen LogP contribution in [0.15, 0.2) is 39.7 Å². The molecule has 0 bridgehead atoms. The van der Waals surface area contributed by atoms with Gasteiger partial charge in [-0.2, -0.15) is 0 Å². The molecule has 4 heteroatoms. The van der Waals surface area contributed by atoms with Crippen molar-refractivity contribution in [1.29, 1.82) is 0 Å². The van der Waals surface area contributed by atoms with E-state index < -0.39 is 0 Å². The molecular weight excluding hydrogens is 292 g/mol. The van der Waals surface area contributed by atoms with Gasteiger partial charge in [-0.25, -0.2) is 0 Å². The van der Waals surface area contributed by atoms with Gasteiger partial charge in [0.15, 0.2) is 0 Å². The van der Waals surface area contributed by atoms with Crippen LogP contribution in [0.5, 0.6) is 0 Å². The number of rotatable bonds is 2. The van der Waals surface area contributed by atoms with Gasteiger partial charge < -0.3 is 10.3 Å². The van der Waals surface area contributed by atoms with Crippen LogP contribution in [-0.2, 0) is 6.54 Å². The SMILES string of the molecule is Cc1ccc(C)c(Cn2cc(N)cc(Br)c2=O)c1. The molecule has 0 aliphatic heterocycles. The fourth-order valence-corrected chi connectivity index (χ4v) is 2.38. The second-order valence-corrected chi connectivity index (χ2v) is 5.34. The molecule has 0 radical (unpaired) electrons. The second-order valence-electron chi connectivity index (χ2n) is 4.48. The zero-order valence-electron chi connectivity index (χ0n) is 10.4. The topological polar surface area (TPSA) is 48.0 Å². The first-order chi connectivity index (χ1) is 8.47. The Hall–Kier alpha value is -1.55. The Kier molecular flexibility index (Phi) is 3.57. The quantitative estimate of drug-likeness (QED) is 0.927. The molecule has 2 N–H and O–H groups in total. The summed E-state index contributed by atoms with van der Waals surface area (Å²) < 4.78 is 2.12. The monoisotopic (exact) mass is 306 g/mol. The molecule has 0 aliphatic rings. The first-order valence-electron chi connectivity index (χ1n) is 5.69. The Morgan fingerprint density at radius 3 is 2.72 bits per heavy atom. The molecule has 0 aliphatic carbocycles. The van der Waals surface area contributed by atoms with E-state index in [1.165, 1.54) is 11.1 Å². The van der Waals surface area contributed by atoms with E-state index in [4.69, 9.17) is 5.73 Å². The molecule has 94 valence electrons. The number of pyridine rings is 1. The lowest BCUT2D eigenvalue weighted by Gasteiger charge is -2.11. The number of benzene rings is 1. The summed E-state index contributed by atoms with van der Waals surface area (Å²) in [7, 11) is 0. The van der Waals surface area contributed by atoms with Crippen molar-refractivity contribution >= 4 is 21.6 Å². The number of aromatic nitrogens is 1. The van der Waals surface area contributed by atoms with E-state index in [-0.39, 0.29) is 5.56 Å². The third-order valence-electron chi connectivity index (χ3n) is 2.91. The molecule has 1 heterocycles. The van der Waals surface area contributed by atoms with Gasteiger partial charge in [0.1, 0.15) is 0 Å². The van der Waals surface area contributed by atoms with E-state index >= 15 is 0 Å². The standard InChI is InChI=1S/C14H15BrN2O/c1-9-3-4-10(2)11(5-9)7-17-8-12(16)6-13(15)14(17)18/h3-6,8H,7,16H2,1-2H3. The number of hydrogen-bond acceptors (Lipinski definition) is 2. The Morgan fingerprint density at radius 1 is 1.28 bits per heavy atom. The van der Waals surface area contributed by atoms with Crippen LogP contribution in [0.4, 0.5) is 5.69 Å². The Labute approximate surface area is 114 Å². The predicted molar refractivity (Wildman–Crippen MR) is 77.8 cm³/mol. The number of nitrogens with two attached hydrogens (primary N) is 1. The molecule has 0 saturated heterocycles. The molecular formula is C14H15BrN2O.